The molecule has 1 aromatic heterocycles. The highest BCUT2D eigenvalue weighted by atomic mass is 15.0. The highest BCUT2D eigenvalue weighted by Gasteiger charge is 2.47. The molecule has 1 heterocycles. The van der Waals surface area contributed by atoms with E-state index in [-0.39, 0.29) is 0 Å². The number of fused-ring (bicyclic) bond motifs is 6. The summed E-state index contributed by atoms with van der Waals surface area (Å²) in [6.45, 7) is 0. The molecular weight excluding hydrogens is 629 g/mol. The first-order valence-electron chi connectivity index (χ1n) is 17.8. The van der Waals surface area contributed by atoms with Crippen molar-refractivity contribution in [2.45, 2.75) is 5.41 Å². The zero-order chi connectivity index (χ0) is 34.6. The molecule has 9 aromatic rings. The Morgan fingerprint density at radius 2 is 1.08 bits per heavy atom. The molecule has 0 spiro atoms. The van der Waals surface area contributed by atoms with E-state index in [9.17, 15) is 5.26 Å². The molecule has 1 aliphatic carbocycles. The van der Waals surface area contributed by atoms with E-state index in [1.807, 2.05) is 18.2 Å². The number of nitriles is 1. The van der Waals surface area contributed by atoms with E-state index in [0.717, 1.165) is 27.9 Å². The fourth-order valence-corrected chi connectivity index (χ4v) is 8.81. The van der Waals surface area contributed by atoms with E-state index in [1.54, 1.807) is 0 Å². The predicted molar refractivity (Wildman–Crippen MR) is 214 cm³/mol. The third-order valence-corrected chi connectivity index (χ3v) is 10.9. The van der Waals surface area contributed by atoms with Crippen molar-refractivity contribution >= 4 is 21.8 Å². The van der Waals surface area contributed by atoms with Crippen LogP contribution in [0.25, 0.3) is 60.9 Å². The van der Waals surface area contributed by atoms with Crippen LogP contribution < -0.4 is 0 Å². The standard InChI is InChI=1S/C50H32N2/c51-33-34-15-14-16-36(31-34)48-40(35-27-30-47-43(32-35)41-23-11-13-26-46(41)52(47)39-21-8-3-9-22-39)28-29-45-49(48)42-24-10-12-25-44(42)50(45,37-17-4-1-5-18-37)38-19-6-2-7-20-38/h1-32H. The van der Waals surface area contributed by atoms with Gasteiger partial charge in [0, 0.05) is 16.5 Å². The summed E-state index contributed by atoms with van der Waals surface area (Å²) >= 11 is 0. The summed E-state index contributed by atoms with van der Waals surface area (Å²) in [7, 11) is 0. The Balaban J connectivity index is 1.32. The lowest BCUT2D eigenvalue weighted by Gasteiger charge is -2.34. The topological polar surface area (TPSA) is 28.7 Å². The first-order chi connectivity index (χ1) is 25.8. The second kappa shape index (κ2) is 11.8. The van der Waals surface area contributed by atoms with Gasteiger partial charge in [-0.15, -0.1) is 0 Å². The summed E-state index contributed by atoms with van der Waals surface area (Å²) in [6, 6.07) is 72.1. The van der Waals surface area contributed by atoms with Crippen molar-refractivity contribution in [3.05, 3.63) is 222 Å². The normalized spacial score (nSPS) is 12.8. The van der Waals surface area contributed by atoms with Gasteiger partial charge in [-0.3, -0.25) is 0 Å². The smallest absolute Gasteiger partial charge is 0.0991 e. The van der Waals surface area contributed by atoms with Gasteiger partial charge in [0.2, 0.25) is 0 Å². The number of nitrogens with zero attached hydrogens (tertiary/aromatic N) is 2. The average Bonchev–Trinajstić information content (AvgIpc) is 3.72. The van der Waals surface area contributed by atoms with Gasteiger partial charge >= 0.3 is 0 Å². The van der Waals surface area contributed by atoms with Crippen LogP contribution in [0, 0.1) is 11.3 Å². The lowest BCUT2D eigenvalue weighted by molar-refractivity contribution is 0.768. The van der Waals surface area contributed by atoms with Crippen LogP contribution >= 0.6 is 0 Å². The van der Waals surface area contributed by atoms with Crippen molar-refractivity contribution in [3.8, 4) is 45.1 Å². The molecule has 8 aromatic carbocycles. The molecule has 1 aliphatic rings. The van der Waals surface area contributed by atoms with Gasteiger partial charge in [0.25, 0.3) is 0 Å². The van der Waals surface area contributed by atoms with Gasteiger partial charge in [0.15, 0.2) is 0 Å². The second-order valence-electron chi connectivity index (χ2n) is 13.6. The van der Waals surface area contributed by atoms with E-state index in [2.05, 4.69) is 187 Å². The summed E-state index contributed by atoms with van der Waals surface area (Å²) in [4.78, 5) is 0. The number of para-hydroxylation sites is 2. The fourth-order valence-electron chi connectivity index (χ4n) is 8.81. The van der Waals surface area contributed by atoms with Crippen molar-refractivity contribution in [3.63, 3.8) is 0 Å². The third kappa shape index (κ3) is 4.30. The van der Waals surface area contributed by atoms with Gasteiger partial charge in [0.05, 0.1) is 28.1 Å². The molecule has 242 valence electrons. The number of benzene rings is 8. The van der Waals surface area contributed by atoms with Crippen molar-refractivity contribution in [2.75, 3.05) is 0 Å². The summed E-state index contributed by atoms with van der Waals surface area (Å²) in [5.41, 5.74) is 15.4. The minimum Gasteiger partial charge on any atom is -0.309 e. The van der Waals surface area contributed by atoms with Crippen molar-refractivity contribution in [1.82, 2.24) is 4.57 Å². The highest BCUT2D eigenvalue weighted by Crippen LogP contribution is 2.59. The zero-order valence-electron chi connectivity index (χ0n) is 28.4. The van der Waals surface area contributed by atoms with Gasteiger partial charge in [0.1, 0.15) is 0 Å². The van der Waals surface area contributed by atoms with Crippen LogP contribution in [0.2, 0.25) is 0 Å². The molecule has 0 saturated heterocycles. The van der Waals surface area contributed by atoms with Crippen molar-refractivity contribution in [1.29, 1.82) is 5.26 Å². The monoisotopic (exact) mass is 660 g/mol. The van der Waals surface area contributed by atoms with Crippen molar-refractivity contribution < 1.29 is 0 Å². The lowest BCUT2D eigenvalue weighted by atomic mass is 9.67. The van der Waals surface area contributed by atoms with Crippen LogP contribution in [0.15, 0.2) is 194 Å². The molecule has 0 N–H and O–H groups in total. The highest BCUT2D eigenvalue weighted by molar-refractivity contribution is 6.11. The SMILES string of the molecule is N#Cc1cccc(-c2c(-c3ccc4c(c3)c3ccccc3n4-c3ccccc3)ccc3c2-c2ccccc2C3(c2ccccc2)c2ccccc2)c1. The Morgan fingerprint density at radius 1 is 0.423 bits per heavy atom. The van der Waals surface area contributed by atoms with E-state index in [1.165, 1.54) is 55.2 Å². The molecule has 52 heavy (non-hydrogen) atoms. The van der Waals surface area contributed by atoms with Crippen LogP contribution in [-0.4, -0.2) is 4.57 Å². The Labute approximate surface area is 303 Å². The largest absolute Gasteiger partial charge is 0.309 e. The molecule has 0 amide bonds. The number of rotatable bonds is 5. The second-order valence-corrected chi connectivity index (χ2v) is 13.6. The lowest BCUT2D eigenvalue weighted by Crippen LogP contribution is -2.28. The van der Waals surface area contributed by atoms with E-state index < -0.39 is 5.41 Å². The van der Waals surface area contributed by atoms with Gasteiger partial charge in [-0.2, -0.15) is 5.26 Å². The predicted octanol–water partition coefficient (Wildman–Crippen LogP) is 12.4. The minimum atomic E-state index is -0.526. The first kappa shape index (κ1) is 29.9. The Hall–Kier alpha value is -6.95. The average molecular weight is 661 g/mol. The minimum absolute atomic E-state index is 0.526. The van der Waals surface area contributed by atoms with Crippen molar-refractivity contribution in [2.24, 2.45) is 0 Å². The molecule has 0 bridgehead atoms. The Bertz CT molecular complexity index is 2800. The quantitative estimate of drug-likeness (QED) is 0.181. The fraction of sp³-hybridized carbons (Fsp3) is 0.0200. The van der Waals surface area contributed by atoms with Crippen LogP contribution in [-0.2, 0) is 5.41 Å². The molecule has 10 rings (SSSR count). The summed E-state index contributed by atoms with van der Waals surface area (Å²) in [6.07, 6.45) is 0. The first-order valence-corrected chi connectivity index (χ1v) is 17.8. The van der Waals surface area contributed by atoms with Gasteiger partial charge in [-0.25, -0.2) is 0 Å². The molecule has 0 unspecified atom stereocenters. The Morgan fingerprint density at radius 3 is 1.83 bits per heavy atom. The summed E-state index contributed by atoms with van der Waals surface area (Å²) < 4.78 is 2.36. The molecule has 0 atom stereocenters. The maximum Gasteiger partial charge on any atom is 0.0991 e. The van der Waals surface area contributed by atoms with E-state index in [4.69, 9.17) is 0 Å². The number of hydrogen-bond donors (Lipinski definition) is 0. The molecular formula is C50H32N2. The van der Waals surface area contributed by atoms with Crippen LogP contribution in [0.4, 0.5) is 0 Å². The molecule has 0 saturated carbocycles. The van der Waals surface area contributed by atoms with E-state index in [0.29, 0.717) is 5.56 Å². The van der Waals surface area contributed by atoms with Crippen LogP contribution in [0.5, 0.6) is 0 Å². The maximum atomic E-state index is 10.1. The van der Waals surface area contributed by atoms with Gasteiger partial charge < -0.3 is 4.57 Å². The summed E-state index contributed by atoms with van der Waals surface area (Å²) in [5, 5.41) is 12.5. The molecule has 2 nitrogen and oxygen atoms in total. The van der Waals surface area contributed by atoms with Gasteiger partial charge in [-0.1, -0.05) is 152 Å². The number of hydrogen-bond acceptors (Lipinski definition) is 1. The van der Waals surface area contributed by atoms with Gasteiger partial charge in [-0.05, 0) is 98.1 Å². The number of aromatic nitrogens is 1. The third-order valence-electron chi connectivity index (χ3n) is 10.9. The zero-order valence-corrected chi connectivity index (χ0v) is 28.4. The van der Waals surface area contributed by atoms with E-state index >= 15 is 0 Å². The van der Waals surface area contributed by atoms with Crippen LogP contribution in [0.1, 0.15) is 27.8 Å². The molecule has 0 radical (unpaired) electrons. The molecule has 0 aliphatic heterocycles. The summed E-state index contributed by atoms with van der Waals surface area (Å²) in [5.74, 6) is 0. The Kier molecular flexibility index (Phi) is 6.81. The molecule has 0 fully saturated rings. The maximum absolute atomic E-state index is 10.1. The molecule has 2 heteroatoms. The van der Waals surface area contributed by atoms with Crippen LogP contribution in [0.3, 0.4) is 0 Å².